The lowest BCUT2D eigenvalue weighted by atomic mass is 9.98. The standard InChI is InChI=1S/C25H22FN3O2S/c1-3-15(2)16-11-12-22-21(14-16)28-24(31-22)17-7-6-8-18(13-17)27-25(32)29-23(30)19-9-4-5-10-20(19)26/h4-15H,3H2,1-2H3,(H2,27,29,30,32). The Labute approximate surface area is 190 Å². The van der Waals surface area contributed by atoms with Crippen LogP contribution in [0.25, 0.3) is 22.6 Å². The van der Waals surface area contributed by atoms with Crippen LogP contribution in [0.5, 0.6) is 0 Å². The summed E-state index contributed by atoms with van der Waals surface area (Å²) in [6, 6.07) is 19.1. The Morgan fingerprint density at radius 2 is 1.94 bits per heavy atom. The molecule has 3 aromatic carbocycles. The predicted octanol–water partition coefficient (Wildman–Crippen LogP) is 6.27. The van der Waals surface area contributed by atoms with Crippen LogP contribution in [0.1, 0.15) is 42.1 Å². The molecule has 0 bridgehead atoms. The number of fused-ring (bicyclic) bond motifs is 1. The van der Waals surface area contributed by atoms with Crippen molar-refractivity contribution in [2.45, 2.75) is 26.2 Å². The maximum Gasteiger partial charge on any atom is 0.260 e. The fraction of sp³-hybridized carbons (Fsp3) is 0.160. The van der Waals surface area contributed by atoms with E-state index in [-0.39, 0.29) is 10.7 Å². The second-order valence-corrected chi connectivity index (χ2v) is 7.93. The van der Waals surface area contributed by atoms with Gasteiger partial charge in [0.2, 0.25) is 5.89 Å². The van der Waals surface area contributed by atoms with Crippen molar-refractivity contribution in [3.8, 4) is 11.5 Å². The van der Waals surface area contributed by atoms with Crippen molar-refractivity contribution in [1.29, 1.82) is 0 Å². The van der Waals surface area contributed by atoms with E-state index in [9.17, 15) is 9.18 Å². The Morgan fingerprint density at radius 1 is 1.12 bits per heavy atom. The molecule has 0 saturated carbocycles. The van der Waals surface area contributed by atoms with Gasteiger partial charge in [0.05, 0.1) is 5.56 Å². The van der Waals surface area contributed by atoms with E-state index in [1.807, 2.05) is 24.3 Å². The second-order valence-electron chi connectivity index (χ2n) is 7.52. The summed E-state index contributed by atoms with van der Waals surface area (Å²) in [6.07, 6.45) is 1.05. The molecule has 4 aromatic rings. The lowest BCUT2D eigenvalue weighted by Crippen LogP contribution is -2.34. The van der Waals surface area contributed by atoms with Gasteiger partial charge in [-0.2, -0.15) is 0 Å². The van der Waals surface area contributed by atoms with Crippen LogP contribution >= 0.6 is 12.2 Å². The molecule has 1 atom stereocenters. The molecule has 162 valence electrons. The van der Waals surface area contributed by atoms with Crippen LogP contribution in [0, 0.1) is 5.82 Å². The molecule has 1 unspecified atom stereocenters. The van der Waals surface area contributed by atoms with Gasteiger partial charge in [0.15, 0.2) is 10.7 Å². The quantitative estimate of drug-likeness (QED) is 0.353. The summed E-state index contributed by atoms with van der Waals surface area (Å²) in [7, 11) is 0. The number of nitrogens with one attached hydrogen (secondary N) is 2. The summed E-state index contributed by atoms with van der Waals surface area (Å²) < 4.78 is 19.7. The van der Waals surface area contributed by atoms with E-state index in [1.165, 1.54) is 23.8 Å². The molecule has 0 radical (unpaired) electrons. The Morgan fingerprint density at radius 3 is 2.72 bits per heavy atom. The van der Waals surface area contributed by atoms with Crippen molar-refractivity contribution < 1.29 is 13.6 Å². The molecule has 0 aliphatic carbocycles. The first kappa shape index (κ1) is 21.6. The van der Waals surface area contributed by atoms with Crippen LogP contribution in [0.4, 0.5) is 10.1 Å². The van der Waals surface area contributed by atoms with Gasteiger partial charge in [0, 0.05) is 11.3 Å². The number of rotatable bonds is 5. The van der Waals surface area contributed by atoms with Gasteiger partial charge in [0.1, 0.15) is 11.3 Å². The number of carbonyl (C=O) groups is 1. The molecule has 0 spiro atoms. The molecule has 4 rings (SSSR count). The second kappa shape index (κ2) is 9.28. The van der Waals surface area contributed by atoms with Crippen molar-refractivity contribution in [3.05, 3.63) is 83.7 Å². The van der Waals surface area contributed by atoms with Crippen LogP contribution < -0.4 is 10.6 Å². The molecule has 1 aromatic heterocycles. The molecule has 5 nitrogen and oxygen atoms in total. The van der Waals surface area contributed by atoms with Gasteiger partial charge >= 0.3 is 0 Å². The van der Waals surface area contributed by atoms with Crippen LogP contribution in [0.3, 0.4) is 0 Å². The topological polar surface area (TPSA) is 67.2 Å². The molecule has 32 heavy (non-hydrogen) atoms. The van der Waals surface area contributed by atoms with Crippen LogP contribution in [0.15, 0.2) is 71.1 Å². The van der Waals surface area contributed by atoms with Crippen LogP contribution in [-0.4, -0.2) is 16.0 Å². The first-order valence-corrected chi connectivity index (χ1v) is 10.7. The fourth-order valence-corrected chi connectivity index (χ4v) is 3.53. The molecule has 0 aliphatic heterocycles. The van der Waals surface area contributed by atoms with E-state index in [0.29, 0.717) is 17.5 Å². The third-order valence-corrected chi connectivity index (χ3v) is 5.51. The summed E-state index contributed by atoms with van der Waals surface area (Å²) in [5.74, 6) is -0.283. The zero-order valence-corrected chi connectivity index (χ0v) is 18.5. The summed E-state index contributed by atoms with van der Waals surface area (Å²) in [6.45, 7) is 4.34. The molecule has 1 heterocycles. The van der Waals surface area contributed by atoms with Crippen LogP contribution in [0.2, 0.25) is 0 Å². The Balaban J connectivity index is 1.50. The Kier molecular flexibility index (Phi) is 6.28. The van der Waals surface area contributed by atoms with Crippen molar-refractivity contribution in [1.82, 2.24) is 10.3 Å². The maximum absolute atomic E-state index is 13.8. The number of thiocarbonyl (C=S) groups is 1. The third-order valence-electron chi connectivity index (χ3n) is 5.31. The largest absolute Gasteiger partial charge is 0.436 e. The summed E-state index contributed by atoms with van der Waals surface area (Å²) in [5.41, 5.74) is 4.09. The number of aromatic nitrogens is 1. The van der Waals surface area contributed by atoms with Gasteiger partial charge in [-0.1, -0.05) is 38.1 Å². The van der Waals surface area contributed by atoms with E-state index in [0.717, 1.165) is 23.1 Å². The maximum atomic E-state index is 13.8. The zero-order chi connectivity index (χ0) is 22.7. The van der Waals surface area contributed by atoms with Gasteiger partial charge in [-0.25, -0.2) is 9.37 Å². The number of hydrogen-bond acceptors (Lipinski definition) is 4. The molecule has 0 saturated heterocycles. The first-order valence-electron chi connectivity index (χ1n) is 10.3. The monoisotopic (exact) mass is 447 g/mol. The number of carbonyl (C=O) groups excluding carboxylic acids is 1. The van der Waals surface area contributed by atoms with Crippen molar-refractivity contribution in [2.75, 3.05) is 5.32 Å². The molecule has 1 amide bonds. The molecule has 7 heteroatoms. The molecular formula is C25H22FN3O2S. The first-order chi connectivity index (χ1) is 15.4. The van der Waals surface area contributed by atoms with Crippen molar-refractivity contribution >= 4 is 40.0 Å². The minimum atomic E-state index is -0.618. The van der Waals surface area contributed by atoms with E-state index in [4.69, 9.17) is 16.6 Å². The number of halogens is 1. The number of oxazole rings is 1. The van der Waals surface area contributed by atoms with Crippen LogP contribution in [-0.2, 0) is 0 Å². The number of nitrogens with zero attached hydrogens (tertiary/aromatic N) is 1. The molecular weight excluding hydrogens is 425 g/mol. The lowest BCUT2D eigenvalue weighted by Gasteiger charge is -2.10. The number of hydrogen-bond donors (Lipinski definition) is 2. The normalized spacial score (nSPS) is 11.8. The van der Waals surface area contributed by atoms with E-state index >= 15 is 0 Å². The fourth-order valence-electron chi connectivity index (χ4n) is 3.32. The van der Waals surface area contributed by atoms with Crippen molar-refractivity contribution in [2.24, 2.45) is 0 Å². The van der Waals surface area contributed by atoms with Crippen molar-refractivity contribution in [3.63, 3.8) is 0 Å². The predicted molar refractivity (Wildman–Crippen MR) is 128 cm³/mol. The highest BCUT2D eigenvalue weighted by molar-refractivity contribution is 7.80. The minimum absolute atomic E-state index is 0.0613. The van der Waals surface area contributed by atoms with Gasteiger partial charge in [-0.15, -0.1) is 0 Å². The lowest BCUT2D eigenvalue weighted by molar-refractivity contribution is 0.0974. The van der Waals surface area contributed by atoms with E-state index in [1.54, 1.807) is 12.1 Å². The van der Waals surface area contributed by atoms with Gasteiger partial charge in [0.25, 0.3) is 5.91 Å². The average Bonchev–Trinajstić information content (AvgIpc) is 3.22. The third kappa shape index (κ3) is 4.68. The number of benzene rings is 3. The average molecular weight is 448 g/mol. The molecule has 0 fully saturated rings. The summed E-state index contributed by atoms with van der Waals surface area (Å²) in [5, 5.41) is 5.50. The highest BCUT2D eigenvalue weighted by Crippen LogP contribution is 2.29. The Bertz CT molecular complexity index is 1300. The van der Waals surface area contributed by atoms with Gasteiger partial charge in [-0.3, -0.25) is 10.1 Å². The SMILES string of the molecule is CCC(C)c1ccc2oc(-c3cccc(NC(=S)NC(=O)c4ccccc4F)c3)nc2c1. The zero-order valence-electron chi connectivity index (χ0n) is 17.7. The smallest absolute Gasteiger partial charge is 0.260 e. The van der Waals surface area contributed by atoms with Gasteiger partial charge in [-0.05, 0) is 72.6 Å². The van der Waals surface area contributed by atoms with Gasteiger partial charge < -0.3 is 9.73 Å². The van der Waals surface area contributed by atoms with E-state index in [2.05, 4.69) is 41.6 Å². The molecule has 0 aliphatic rings. The molecule has 2 N–H and O–H groups in total. The Hall–Kier alpha value is -3.58. The van der Waals surface area contributed by atoms with E-state index < -0.39 is 11.7 Å². The summed E-state index contributed by atoms with van der Waals surface area (Å²) in [4.78, 5) is 16.9. The summed E-state index contributed by atoms with van der Waals surface area (Å²) >= 11 is 5.21. The number of amides is 1. The highest BCUT2D eigenvalue weighted by Gasteiger charge is 2.14. The highest BCUT2D eigenvalue weighted by atomic mass is 32.1. The number of anilines is 1. The minimum Gasteiger partial charge on any atom is -0.436 e.